The van der Waals surface area contributed by atoms with Gasteiger partial charge in [0.05, 0.1) is 12.7 Å². The van der Waals surface area contributed by atoms with Crippen LogP contribution in [0.3, 0.4) is 0 Å². The summed E-state index contributed by atoms with van der Waals surface area (Å²) in [5.74, 6) is 0. The maximum absolute atomic E-state index is 9.76. The lowest BCUT2D eigenvalue weighted by Crippen LogP contribution is -2.46. The molecule has 0 saturated carbocycles. The molecule has 0 aromatic rings. The fourth-order valence-corrected chi connectivity index (χ4v) is 3.74. The van der Waals surface area contributed by atoms with Crippen LogP contribution in [0.5, 0.6) is 0 Å². The van der Waals surface area contributed by atoms with Gasteiger partial charge in [0.15, 0.2) is 6.29 Å². The van der Waals surface area contributed by atoms with Crippen molar-refractivity contribution in [3.8, 4) is 0 Å². The Bertz CT molecular complexity index is 254. The lowest BCUT2D eigenvalue weighted by Gasteiger charge is -2.37. The molecular weight excluding hydrogens is 230 g/mol. The summed E-state index contributed by atoms with van der Waals surface area (Å²) in [6.07, 6.45) is 7.83. The summed E-state index contributed by atoms with van der Waals surface area (Å²) in [5, 5.41) is 9.76. The van der Waals surface area contributed by atoms with E-state index < -0.39 is 0 Å². The van der Waals surface area contributed by atoms with Gasteiger partial charge in [-0.2, -0.15) is 0 Å². The predicted octanol–water partition coefficient (Wildman–Crippen LogP) is 1.52. The van der Waals surface area contributed by atoms with Crippen LogP contribution in [0.2, 0.25) is 0 Å². The number of fused-ring (bicyclic) bond motifs is 2. The summed E-state index contributed by atoms with van der Waals surface area (Å²) >= 11 is 0. The van der Waals surface area contributed by atoms with E-state index >= 15 is 0 Å². The van der Waals surface area contributed by atoms with E-state index in [9.17, 15) is 5.11 Å². The number of aliphatic hydroxyl groups excluding tert-OH is 1. The largest absolute Gasteiger partial charge is 0.393 e. The van der Waals surface area contributed by atoms with Crippen molar-refractivity contribution in [2.24, 2.45) is 0 Å². The molecule has 3 aliphatic heterocycles. The minimum Gasteiger partial charge on any atom is -0.393 e. The second-order valence-electron chi connectivity index (χ2n) is 5.91. The van der Waals surface area contributed by atoms with Crippen LogP contribution in [0.25, 0.3) is 0 Å². The number of ether oxygens (including phenoxy) is 2. The van der Waals surface area contributed by atoms with Crippen LogP contribution >= 0.6 is 0 Å². The maximum atomic E-state index is 9.76. The molecule has 18 heavy (non-hydrogen) atoms. The van der Waals surface area contributed by atoms with Gasteiger partial charge in [0.2, 0.25) is 0 Å². The smallest absolute Gasteiger partial charge is 0.157 e. The summed E-state index contributed by atoms with van der Waals surface area (Å²) in [4.78, 5) is 2.55. The Morgan fingerprint density at radius 2 is 1.89 bits per heavy atom. The van der Waals surface area contributed by atoms with Crippen molar-refractivity contribution in [2.45, 2.75) is 69.4 Å². The number of hydrogen-bond acceptors (Lipinski definition) is 4. The van der Waals surface area contributed by atoms with E-state index in [0.717, 1.165) is 39.0 Å². The third kappa shape index (κ3) is 2.87. The SMILES string of the molecule is OC1CC2CCC(C1)N2CCOC1CCCCO1. The molecule has 3 saturated heterocycles. The second kappa shape index (κ2) is 5.87. The van der Waals surface area contributed by atoms with E-state index in [1.54, 1.807) is 0 Å². The Labute approximate surface area is 109 Å². The standard InChI is InChI=1S/C14H25NO3/c16-13-9-11-4-5-12(10-13)15(11)6-8-18-14-3-1-2-7-17-14/h11-14,16H,1-10H2. The fourth-order valence-electron chi connectivity index (χ4n) is 3.74. The molecular formula is C14H25NO3. The molecule has 0 spiro atoms. The first-order chi connectivity index (χ1) is 8.83. The zero-order chi connectivity index (χ0) is 12.4. The van der Waals surface area contributed by atoms with Crippen molar-refractivity contribution < 1.29 is 14.6 Å². The first-order valence-electron chi connectivity index (χ1n) is 7.50. The van der Waals surface area contributed by atoms with E-state index in [1.165, 1.54) is 25.7 Å². The normalized spacial score (nSPS) is 41.2. The van der Waals surface area contributed by atoms with Gasteiger partial charge >= 0.3 is 0 Å². The Balaban J connectivity index is 1.40. The molecule has 3 heterocycles. The molecule has 0 aromatic heterocycles. The number of hydrogen-bond donors (Lipinski definition) is 1. The third-order valence-electron chi connectivity index (χ3n) is 4.65. The molecule has 3 aliphatic rings. The molecule has 3 fully saturated rings. The summed E-state index contributed by atoms with van der Waals surface area (Å²) in [5.41, 5.74) is 0. The maximum Gasteiger partial charge on any atom is 0.157 e. The zero-order valence-electron chi connectivity index (χ0n) is 11.1. The van der Waals surface area contributed by atoms with Crippen molar-refractivity contribution >= 4 is 0 Å². The minimum atomic E-state index is -0.0682. The highest BCUT2D eigenvalue weighted by molar-refractivity contribution is 4.94. The average Bonchev–Trinajstić information content (AvgIpc) is 2.63. The van der Waals surface area contributed by atoms with Crippen molar-refractivity contribution in [2.75, 3.05) is 19.8 Å². The number of aliphatic hydroxyl groups is 1. The van der Waals surface area contributed by atoms with Crippen molar-refractivity contribution in [1.29, 1.82) is 0 Å². The first-order valence-corrected chi connectivity index (χ1v) is 7.50. The topological polar surface area (TPSA) is 41.9 Å². The average molecular weight is 255 g/mol. The van der Waals surface area contributed by atoms with E-state index in [2.05, 4.69) is 4.90 Å². The van der Waals surface area contributed by atoms with Crippen LogP contribution < -0.4 is 0 Å². The van der Waals surface area contributed by atoms with E-state index in [0.29, 0.717) is 12.1 Å². The molecule has 3 rings (SSSR count). The number of nitrogens with zero attached hydrogens (tertiary/aromatic N) is 1. The first kappa shape index (κ1) is 12.9. The quantitative estimate of drug-likeness (QED) is 0.827. The minimum absolute atomic E-state index is 0.0341. The van der Waals surface area contributed by atoms with Crippen LogP contribution in [0.1, 0.15) is 44.9 Å². The van der Waals surface area contributed by atoms with Crippen LogP contribution in [0.15, 0.2) is 0 Å². The van der Waals surface area contributed by atoms with Gasteiger partial charge in [-0.25, -0.2) is 0 Å². The Morgan fingerprint density at radius 3 is 2.56 bits per heavy atom. The highest BCUT2D eigenvalue weighted by Gasteiger charge is 2.39. The molecule has 0 aliphatic carbocycles. The molecule has 4 heteroatoms. The lowest BCUT2D eigenvalue weighted by atomic mass is 10.0. The molecule has 2 bridgehead atoms. The Hall–Kier alpha value is -0.160. The monoisotopic (exact) mass is 255 g/mol. The van der Waals surface area contributed by atoms with E-state index in [-0.39, 0.29) is 12.4 Å². The van der Waals surface area contributed by atoms with Crippen molar-refractivity contribution in [1.82, 2.24) is 4.90 Å². The van der Waals surface area contributed by atoms with Crippen LogP contribution in [0, 0.1) is 0 Å². The summed E-state index contributed by atoms with van der Waals surface area (Å²) in [7, 11) is 0. The predicted molar refractivity (Wildman–Crippen MR) is 68.3 cm³/mol. The van der Waals surface area contributed by atoms with Gasteiger partial charge in [-0.1, -0.05) is 0 Å². The third-order valence-corrected chi connectivity index (χ3v) is 4.65. The van der Waals surface area contributed by atoms with Gasteiger partial charge in [-0.05, 0) is 44.9 Å². The van der Waals surface area contributed by atoms with Gasteiger partial charge in [0.25, 0.3) is 0 Å². The second-order valence-corrected chi connectivity index (χ2v) is 5.91. The molecule has 104 valence electrons. The number of rotatable bonds is 4. The van der Waals surface area contributed by atoms with Gasteiger partial charge in [-0.15, -0.1) is 0 Å². The highest BCUT2D eigenvalue weighted by Crippen LogP contribution is 2.35. The highest BCUT2D eigenvalue weighted by atomic mass is 16.7. The van der Waals surface area contributed by atoms with Gasteiger partial charge in [-0.3, -0.25) is 4.90 Å². The van der Waals surface area contributed by atoms with Crippen molar-refractivity contribution in [3.05, 3.63) is 0 Å². The van der Waals surface area contributed by atoms with Crippen molar-refractivity contribution in [3.63, 3.8) is 0 Å². The summed E-state index contributed by atoms with van der Waals surface area (Å²) < 4.78 is 11.4. The van der Waals surface area contributed by atoms with Gasteiger partial charge in [0, 0.05) is 25.2 Å². The van der Waals surface area contributed by atoms with Crippen LogP contribution in [0.4, 0.5) is 0 Å². The summed E-state index contributed by atoms with van der Waals surface area (Å²) in [6.45, 7) is 2.63. The van der Waals surface area contributed by atoms with Gasteiger partial charge in [0.1, 0.15) is 0 Å². The lowest BCUT2D eigenvalue weighted by molar-refractivity contribution is -0.166. The zero-order valence-corrected chi connectivity index (χ0v) is 11.1. The molecule has 0 radical (unpaired) electrons. The Morgan fingerprint density at radius 1 is 1.11 bits per heavy atom. The molecule has 3 atom stereocenters. The Kier molecular flexibility index (Phi) is 4.19. The van der Waals surface area contributed by atoms with Crippen LogP contribution in [-0.2, 0) is 9.47 Å². The van der Waals surface area contributed by atoms with Gasteiger partial charge < -0.3 is 14.6 Å². The fraction of sp³-hybridized carbons (Fsp3) is 1.00. The molecule has 0 amide bonds. The van der Waals surface area contributed by atoms with E-state index in [1.807, 2.05) is 0 Å². The molecule has 3 unspecified atom stereocenters. The van der Waals surface area contributed by atoms with Crippen LogP contribution in [-0.4, -0.2) is 54.2 Å². The molecule has 1 N–H and O–H groups in total. The van der Waals surface area contributed by atoms with E-state index in [4.69, 9.17) is 9.47 Å². The molecule has 0 aromatic carbocycles. The summed E-state index contributed by atoms with van der Waals surface area (Å²) in [6, 6.07) is 1.18. The number of piperidine rings is 1. The molecule has 4 nitrogen and oxygen atoms in total.